The molecule has 2 rings (SSSR count). The summed E-state index contributed by atoms with van der Waals surface area (Å²) in [5, 5.41) is 0. The predicted octanol–water partition coefficient (Wildman–Crippen LogP) is 3.15. The normalized spacial score (nSPS) is 21.1. The van der Waals surface area contributed by atoms with Crippen LogP contribution in [0.15, 0.2) is 24.3 Å². The SMILES string of the molecule is F[B-](F)(F)CC1OCCc2ccccc21. The van der Waals surface area contributed by atoms with E-state index >= 15 is 0 Å². The van der Waals surface area contributed by atoms with E-state index in [-0.39, 0.29) is 0 Å². The first-order valence-electron chi connectivity index (χ1n) is 4.97. The topological polar surface area (TPSA) is 9.23 Å². The van der Waals surface area contributed by atoms with Gasteiger partial charge in [-0.05, 0) is 17.5 Å². The van der Waals surface area contributed by atoms with Crippen molar-refractivity contribution in [2.24, 2.45) is 0 Å². The van der Waals surface area contributed by atoms with Crippen LogP contribution in [0.25, 0.3) is 0 Å². The second-order valence-electron chi connectivity index (χ2n) is 3.75. The number of hydrogen-bond donors (Lipinski definition) is 0. The molecule has 0 amide bonds. The zero-order chi connectivity index (χ0) is 10.9. The van der Waals surface area contributed by atoms with Crippen molar-refractivity contribution in [3.05, 3.63) is 35.4 Å². The number of halogens is 3. The van der Waals surface area contributed by atoms with E-state index in [1.54, 1.807) is 12.1 Å². The molecule has 0 saturated heterocycles. The molecule has 1 atom stereocenters. The Morgan fingerprint density at radius 1 is 1.27 bits per heavy atom. The van der Waals surface area contributed by atoms with Crippen LogP contribution in [-0.4, -0.2) is 13.6 Å². The third-order valence-electron chi connectivity index (χ3n) is 2.57. The Morgan fingerprint density at radius 2 is 2.00 bits per heavy atom. The van der Waals surface area contributed by atoms with Gasteiger partial charge in [-0.15, -0.1) is 0 Å². The standard InChI is InChI=1S/C10H11BF3O/c12-11(13,14)7-10-9-4-2-1-3-8(9)5-6-15-10/h1-4,10H,5-7H2/q-1. The number of fused-ring (bicyclic) bond motifs is 1. The van der Waals surface area contributed by atoms with Gasteiger partial charge in [-0.2, -0.15) is 0 Å². The number of rotatable bonds is 2. The van der Waals surface area contributed by atoms with Crippen LogP contribution in [0.4, 0.5) is 12.9 Å². The van der Waals surface area contributed by atoms with Crippen molar-refractivity contribution in [1.29, 1.82) is 0 Å². The fourth-order valence-corrected chi connectivity index (χ4v) is 1.91. The van der Waals surface area contributed by atoms with Crippen molar-refractivity contribution >= 4 is 6.98 Å². The first kappa shape index (κ1) is 10.5. The number of benzene rings is 1. The number of hydrogen-bond acceptors (Lipinski definition) is 1. The van der Waals surface area contributed by atoms with Crippen molar-refractivity contribution in [2.75, 3.05) is 6.61 Å². The summed E-state index contributed by atoms with van der Waals surface area (Å²) in [6.45, 7) is -4.40. The molecule has 1 nitrogen and oxygen atoms in total. The van der Waals surface area contributed by atoms with Gasteiger partial charge in [0.15, 0.2) is 0 Å². The minimum atomic E-state index is -4.79. The van der Waals surface area contributed by atoms with Crippen molar-refractivity contribution in [3.8, 4) is 0 Å². The highest BCUT2D eigenvalue weighted by Crippen LogP contribution is 2.34. The summed E-state index contributed by atoms with van der Waals surface area (Å²) in [6, 6.07) is 7.19. The minimum Gasteiger partial charge on any atom is -0.449 e. The highest BCUT2D eigenvalue weighted by molar-refractivity contribution is 6.58. The van der Waals surface area contributed by atoms with Gasteiger partial charge in [0.2, 0.25) is 0 Å². The lowest BCUT2D eigenvalue weighted by atomic mass is 9.79. The van der Waals surface area contributed by atoms with Gasteiger partial charge in [0.1, 0.15) is 0 Å². The lowest BCUT2D eigenvalue weighted by Gasteiger charge is -2.29. The summed E-state index contributed by atoms with van der Waals surface area (Å²) >= 11 is 0. The maximum Gasteiger partial charge on any atom is 0.481 e. The van der Waals surface area contributed by atoms with E-state index in [1.165, 1.54) is 0 Å². The van der Waals surface area contributed by atoms with Gasteiger partial charge in [0.25, 0.3) is 0 Å². The molecule has 0 radical (unpaired) electrons. The molecule has 0 spiro atoms. The van der Waals surface area contributed by atoms with Crippen LogP contribution >= 0.6 is 0 Å². The van der Waals surface area contributed by atoms with Crippen molar-refractivity contribution in [2.45, 2.75) is 18.8 Å². The Bertz CT molecular complexity index is 351. The first-order valence-corrected chi connectivity index (χ1v) is 4.97. The second-order valence-corrected chi connectivity index (χ2v) is 3.75. The summed E-state index contributed by atoms with van der Waals surface area (Å²) in [7, 11) is 0. The van der Waals surface area contributed by atoms with E-state index in [0.29, 0.717) is 18.6 Å². The smallest absolute Gasteiger partial charge is 0.449 e. The molecule has 82 valence electrons. The van der Waals surface area contributed by atoms with Gasteiger partial charge in [-0.1, -0.05) is 30.6 Å². The maximum absolute atomic E-state index is 12.3. The first-order chi connectivity index (χ1) is 7.06. The summed E-state index contributed by atoms with van der Waals surface area (Å²) in [5.41, 5.74) is 1.68. The lowest BCUT2D eigenvalue weighted by Crippen LogP contribution is -2.24. The van der Waals surface area contributed by atoms with E-state index in [0.717, 1.165) is 5.56 Å². The molecule has 0 aromatic heterocycles. The van der Waals surface area contributed by atoms with E-state index in [1.807, 2.05) is 12.1 Å². The van der Waals surface area contributed by atoms with Gasteiger partial charge in [-0.25, -0.2) is 0 Å². The molecule has 0 N–H and O–H groups in total. The zero-order valence-electron chi connectivity index (χ0n) is 8.13. The molecule has 0 aliphatic carbocycles. The van der Waals surface area contributed by atoms with Crippen LogP contribution in [0.3, 0.4) is 0 Å². The molecule has 0 bridgehead atoms. The van der Waals surface area contributed by atoms with Gasteiger partial charge < -0.3 is 17.7 Å². The Morgan fingerprint density at radius 3 is 2.73 bits per heavy atom. The van der Waals surface area contributed by atoms with Gasteiger partial charge in [0, 0.05) is 0 Å². The highest BCUT2D eigenvalue weighted by Gasteiger charge is 2.31. The Labute approximate surface area is 86.3 Å². The van der Waals surface area contributed by atoms with Gasteiger partial charge in [-0.3, -0.25) is 0 Å². The average molecular weight is 215 g/mol. The van der Waals surface area contributed by atoms with E-state index < -0.39 is 19.4 Å². The predicted molar refractivity (Wildman–Crippen MR) is 52.7 cm³/mol. The molecule has 5 heteroatoms. The maximum atomic E-state index is 12.3. The van der Waals surface area contributed by atoms with Crippen molar-refractivity contribution in [1.82, 2.24) is 0 Å². The Hall–Kier alpha value is -0.965. The Balaban J connectivity index is 2.22. The molecule has 1 aliphatic rings. The summed E-state index contributed by atoms with van der Waals surface area (Å²) < 4.78 is 42.1. The van der Waals surface area contributed by atoms with Crippen LogP contribution in [0.2, 0.25) is 6.32 Å². The molecule has 1 unspecified atom stereocenters. The molecule has 0 fully saturated rings. The van der Waals surface area contributed by atoms with Crippen molar-refractivity contribution < 1.29 is 17.7 Å². The van der Waals surface area contributed by atoms with Crippen LogP contribution in [0.1, 0.15) is 17.2 Å². The molecular formula is C10H11BF3O-. The monoisotopic (exact) mass is 215 g/mol. The fraction of sp³-hybridized carbons (Fsp3) is 0.400. The minimum absolute atomic E-state index is 0.383. The van der Waals surface area contributed by atoms with E-state index in [4.69, 9.17) is 4.74 Å². The molecule has 1 aliphatic heterocycles. The largest absolute Gasteiger partial charge is 0.481 e. The summed E-state index contributed by atoms with van der Waals surface area (Å²) in [4.78, 5) is 0. The molecule has 1 aromatic carbocycles. The molecular weight excluding hydrogens is 204 g/mol. The van der Waals surface area contributed by atoms with Crippen LogP contribution < -0.4 is 0 Å². The van der Waals surface area contributed by atoms with Crippen LogP contribution in [-0.2, 0) is 11.2 Å². The molecule has 15 heavy (non-hydrogen) atoms. The summed E-state index contributed by atoms with van der Waals surface area (Å²) in [5.74, 6) is 0. The summed E-state index contributed by atoms with van der Waals surface area (Å²) in [6.07, 6.45) is -0.927. The van der Waals surface area contributed by atoms with Gasteiger partial charge in [0.05, 0.1) is 12.7 Å². The second kappa shape index (κ2) is 3.89. The highest BCUT2D eigenvalue weighted by atomic mass is 19.4. The van der Waals surface area contributed by atoms with E-state index in [2.05, 4.69) is 0 Å². The van der Waals surface area contributed by atoms with Crippen molar-refractivity contribution in [3.63, 3.8) is 0 Å². The Kier molecular flexibility index (Phi) is 2.73. The van der Waals surface area contributed by atoms with Gasteiger partial charge >= 0.3 is 6.98 Å². The molecule has 1 aromatic rings. The van der Waals surface area contributed by atoms with E-state index in [9.17, 15) is 12.9 Å². The quantitative estimate of drug-likeness (QED) is 0.688. The number of ether oxygens (including phenoxy) is 1. The molecule has 0 saturated carbocycles. The van der Waals surface area contributed by atoms with Crippen LogP contribution in [0, 0.1) is 0 Å². The fourth-order valence-electron chi connectivity index (χ4n) is 1.91. The third-order valence-corrected chi connectivity index (χ3v) is 2.57. The lowest BCUT2D eigenvalue weighted by molar-refractivity contribution is 0.0503. The molecule has 1 heterocycles. The van der Waals surface area contributed by atoms with Crippen LogP contribution in [0.5, 0.6) is 0 Å². The average Bonchev–Trinajstić information content (AvgIpc) is 2.16. The third kappa shape index (κ3) is 2.53. The zero-order valence-corrected chi connectivity index (χ0v) is 8.13.